The van der Waals surface area contributed by atoms with E-state index in [2.05, 4.69) is 10.3 Å². The van der Waals surface area contributed by atoms with Gasteiger partial charge in [0.25, 0.3) is 0 Å². The molecule has 1 aromatic heterocycles. The highest BCUT2D eigenvalue weighted by Crippen LogP contribution is 2.21. The zero-order valence-corrected chi connectivity index (χ0v) is 15.8. The zero-order valence-electron chi connectivity index (χ0n) is 15.8. The van der Waals surface area contributed by atoms with Crippen LogP contribution in [0.3, 0.4) is 0 Å². The normalized spacial score (nSPS) is 13.5. The van der Waals surface area contributed by atoms with Gasteiger partial charge in [0.15, 0.2) is 0 Å². The van der Waals surface area contributed by atoms with Crippen LogP contribution < -0.4 is 10.1 Å². The van der Waals surface area contributed by atoms with Crippen molar-refractivity contribution in [2.45, 2.75) is 45.2 Å². The minimum atomic E-state index is -1.23. The van der Waals surface area contributed by atoms with Crippen LogP contribution in [-0.4, -0.2) is 39.5 Å². The largest absolute Gasteiger partial charge is 0.487 e. The molecule has 7 heteroatoms. The average molecular weight is 374 g/mol. The predicted molar refractivity (Wildman–Crippen MR) is 100 cm³/mol. The summed E-state index contributed by atoms with van der Waals surface area (Å²) in [7, 11) is 0. The van der Waals surface area contributed by atoms with E-state index in [1.165, 1.54) is 12.4 Å². The molecule has 0 saturated heterocycles. The van der Waals surface area contributed by atoms with Crippen molar-refractivity contribution >= 4 is 6.09 Å². The number of pyridine rings is 1. The second-order valence-electron chi connectivity index (χ2n) is 7.12. The van der Waals surface area contributed by atoms with Gasteiger partial charge in [0.2, 0.25) is 0 Å². The van der Waals surface area contributed by atoms with Crippen molar-refractivity contribution < 1.29 is 24.5 Å². The number of alkyl carbamates (subject to hydrolysis) is 1. The third kappa shape index (κ3) is 7.24. The van der Waals surface area contributed by atoms with Crippen molar-refractivity contribution in [3.05, 3.63) is 59.9 Å². The van der Waals surface area contributed by atoms with Crippen LogP contribution in [0.2, 0.25) is 0 Å². The van der Waals surface area contributed by atoms with E-state index in [-0.39, 0.29) is 6.54 Å². The molecule has 0 aliphatic carbocycles. The van der Waals surface area contributed by atoms with Gasteiger partial charge in [-0.15, -0.1) is 0 Å². The van der Waals surface area contributed by atoms with Crippen LogP contribution in [0.5, 0.6) is 5.75 Å². The summed E-state index contributed by atoms with van der Waals surface area (Å²) in [5, 5.41) is 22.9. The Morgan fingerprint density at radius 3 is 2.56 bits per heavy atom. The fourth-order valence-electron chi connectivity index (χ4n) is 2.25. The summed E-state index contributed by atoms with van der Waals surface area (Å²) in [4.78, 5) is 15.7. The monoisotopic (exact) mass is 374 g/mol. The number of aromatic nitrogens is 1. The zero-order chi connectivity index (χ0) is 19.9. The molecule has 0 fully saturated rings. The number of amides is 1. The predicted octanol–water partition coefficient (Wildman–Crippen LogP) is 2.58. The summed E-state index contributed by atoms with van der Waals surface area (Å²) < 4.78 is 10.8. The number of rotatable bonds is 7. The van der Waals surface area contributed by atoms with Gasteiger partial charge >= 0.3 is 6.09 Å². The number of carbonyl (C=O) groups excluding carboxylic acids is 1. The Hall–Kier alpha value is -2.64. The van der Waals surface area contributed by atoms with Gasteiger partial charge in [0, 0.05) is 18.3 Å². The lowest BCUT2D eigenvalue weighted by Gasteiger charge is -2.22. The third-order valence-corrected chi connectivity index (χ3v) is 3.54. The molecule has 0 spiro atoms. The second kappa shape index (κ2) is 9.34. The molecule has 0 aliphatic heterocycles. The number of carbonyl (C=O) groups is 1. The fourth-order valence-corrected chi connectivity index (χ4v) is 2.25. The fraction of sp³-hybridized carbons (Fsp3) is 0.400. The quantitative estimate of drug-likeness (QED) is 0.689. The van der Waals surface area contributed by atoms with Crippen LogP contribution in [0.4, 0.5) is 4.79 Å². The molecule has 2 aromatic rings. The highest BCUT2D eigenvalue weighted by molar-refractivity contribution is 5.67. The van der Waals surface area contributed by atoms with Crippen molar-refractivity contribution in [2.24, 2.45) is 0 Å². The van der Waals surface area contributed by atoms with Crippen LogP contribution in [0.25, 0.3) is 0 Å². The number of hydrogen-bond acceptors (Lipinski definition) is 6. The number of nitrogens with zero attached hydrogens (tertiary/aromatic N) is 1. The van der Waals surface area contributed by atoms with E-state index in [0.29, 0.717) is 17.9 Å². The number of hydrogen-bond donors (Lipinski definition) is 3. The Bertz CT molecular complexity index is 731. The highest BCUT2D eigenvalue weighted by Gasteiger charge is 2.22. The maximum absolute atomic E-state index is 11.6. The molecule has 0 saturated carbocycles. The number of ether oxygens (including phenoxy) is 2. The van der Waals surface area contributed by atoms with Crippen LogP contribution in [0, 0.1) is 0 Å². The molecule has 146 valence electrons. The Kier molecular flexibility index (Phi) is 7.15. The third-order valence-electron chi connectivity index (χ3n) is 3.54. The minimum absolute atomic E-state index is 0.162. The molecular weight excluding hydrogens is 348 g/mol. The van der Waals surface area contributed by atoms with E-state index in [9.17, 15) is 15.0 Å². The van der Waals surface area contributed by atoms with Crippen molar-refractivity contribution in [2.75, 3.05) is 6.54 Å². The van der Waals surface area contributed by atoms with E-state index < -0.39 is 23.9 Å². The Morgan fingerprint density at radius 1 is 1.19 bits per heavy atom. The van der Waals surface area contributed by atoms with Crippen molar-refractivity contribution in [3.8, 4) is 5.75 Å². The van der Waals surface area contributed by atoms with E-state index in [1.54, 1.807) is 26.8 Å². The molecule has 2 unspecified atom stereocenters. The van der Waals surface area contributed by atoms with E-state index in [0.717, 1.165) is 5.56 Å². The van der Waals surface area contributed by atoms with Gasteiger partial charge in [-0.3, -0.25) is 4.98 Å². The topological polar surface area (TPSA) is 101 Å². The molecule has 1 amide bonds. The standard InChI is InChI=1S/C20H26N2O5/c1-20(2,3)27-19(25)22-12-17(23)18(24)15-9-16(11-21-10-15)26-13-14-7-5-4-6-8-14/h4-11,17-18,23-24H,12-13H2,1-3H3,(H,22,25). The van der Waals surface area contributed by atoms with Gasteiger partial charge in [-0.05, 0) is 32.4 Å². The lowest BCUT2D eigenvalue weighted by Crippen LogP contribution is -2.38. The molecule has 27 heavy (non-hydrogen) atoms. The highest BCUT2D eigenvalue weighted by atomic mass is 16.6. The van der Waals surface area contributed by atoms with Gasteiger partial charge in [-0.2, -0.15) is 0 Å². The van der Waals surface area contributed by atoms with Gasteiger partial charge in [-0.1, -0.05) is 30.3 Å². The maximum Gasteiger partial charge on any atom is 0.407 e. The Morgan fingerprint density at radius 2 is 1.89 bits per heavy atom. The number of benzene rings is 1. The molecule has 0 aliphatic rings. The lowest BCUT2D eigenvalue weighted by molar-refractivity contribution is 0.0126. The summed E-state index contributed by atoms with van der Waals surface area (Å²) in [6.07, 6.45) is -0.135. The van der Waals surface area contributed by atoms with Crippen LogP contribution in [-0.2, 0) is 11.3 Å². The van der Waals surface area contributed by atoms with Gasteiger partial charge in [0.05, 0.1) is 6.20 Å². The Labute approximate surface area is 159 Å². The maximum atomic E-state index is 11.6. The Balaban J connectivity index is 1.89. The first-order valence-electron chi connectivity index (χ1n) is 8.69. The van der Waals surface area contributed by atoms with Crippen LogP contribution >= 0.6 is 0 Å². The number of aliphatic hydroxyl groups is 2. The molecule has 2 rings (SSSR count). The van der Waals surface area contributed by atoms with Crippen molar-refractivity contribution in [1.29, 1.82) is 0 Å². The molecule has 3 N–H and O–H groups in total. The minimum Gasteiger partial charge on any atom is -0.487 e. The number of nitrogens with one attached hydrogen (secondary N) is 1. The first-order chi connectivity index (χ1) is 12.7. The molecule has 1 heterocycles. The summed E-state index contributed by atoms with van der Waals surface area (Å²) in [6, 6.07) is 11.3. The van der Waals surface area contributed by atoms with Crippen molar-refractivity contribution in [3.63, 3.8) is 0 Å². The second-order valence-corrected chi connectivity index (χ2v) is 7.12. The first kappa shape index (κ1) is 20.7. The molecule has 7 nitrogen and oxygen atoms in total. The SMILES string of the molecule is CC(C)(C)OC(=O)NCC(O)C(O)c1cncc(OCc2ccccc2)c1. The summed E-state index contributed by atoms with van der Waals surface area (Å²) in [5.74, 6) is 0.475. The molecule has 1 aromatic carbocycles. The van der Waals surface area contributed by atoms with Gasteiger partial charge in [-0.25, -0.2) is 4.79 Å². The first-order valence-corrected chi connectivity index (χ1v) is 8.69. The van der Waals surface area contributed by atoms with Crippen LogP contribution in [0.15, 0.2) is 48.8 Å². The van der Waals surface area contributed by atoms with Crippen LogP contribution in [0.1, 0.15) is 38.0 Å². The molecule has 2 atom stereocenters. The average Bonchev–Trinajstić information content (AvgIpc) is 2.63. The molecule has 0 radical (unpaired) electrons. The van der Waals surface area contributed by atoms with Crippen molar-refractivity contribution in [1.82, 2.24) is 10.3 Å². The van der Waals surface area contributed by atoms with E-state index >= 15 is 0 Å². The summed E-state index contributed by atoms with van der Waals surface area (Å²) in [5.41, 5.74) is 0.756. The van der Waals surface area contributed by atoms with Gasteiger partial charge < -0.3 is 25.0 Å². The number of aliphatic hydroxyl groups excluding tert-OH is 2. The molecule has 0 bridgehead atoms. The lowest BCUT2D eigenvalue weighted by atomic mass is 10.1. The van der Waals surface area contributed by atoms with E-state index in [4.69, 9.17) is 9.47 Å². The summed E-state index contributed by atoms with van der Waals surface area (Å²) in [6.45, 7) is 5.43. The smallest absolute Gasteiger partial charge is 0.407 e. The summed E-state index contributed by atoms with van der Waals surface area (Å²) >= 11 is 0. The molecular formula is C20H26N2O5. The van der Waals surface area contributed by atoms with E-state index in [1.807, 2.05) is 30.3 Å². The van der Waals surface area contributed by atoms with Gasteiger partial charge in [0.1, 0.15) is 30.2 Å².